The van der Waals surface area contributed by atoms with E-state index in [0.29, 0.717) is 25.3 Å². The maximum atomic E-state index is 12.7. The van der Waals surface area contributed by atoms with Crippen molar-refractivity contribution in [3.63, 3.8) is 0 Å². The van der Waals surface area contributed by atoms with Gasteiger partial charge < -0.3 is 20.7 Å². The molecule has 0 aromatic heterocycles. The van der Waals surface area contributed by atoms with E-state index in [-0.39, 0.29) is 29.5 Å². The summed E-state index contributed by atoms with van der Waals surface area (Å²) in [5.74, 6) is 0.251. The van der Waals surface area contributed by atoms with Gasteiger partial charge in [0, 0.05) is 24.7 Å². The Morgan fingerprint density at radius 2 is 1.90 bits per heavy atom. The van der Waals surface area contributed by atoms with Gasteiger partial charge in [-0.3, -0.25) is 0 Å². The van der Waals surface area contributed by atoms with Crippen molar-refractivity contribution in [3.8, 4) is 0 Å². The number of hydrogen-bond acceptors (Lipinski definition) is 5. The highest BCUT2D eigenvalue weighted by atomic mass is 32.2. The lowest BCUT2D eigenvalue weighted by Crippen LogP contribution is -2.48. The Morgan fingerprint density at radius 1 is 1.27 bits per heavy atom. The Bertz CT molecular complexity index is 856. The van der Waals surface area contributed by atoms with E-state index in [1.165, 1.54) is 0 Å². The molecule has 1 aromatic carbocycles. The summed E-state index contributed by atoms with van der Waals surface area (Å²) >= 11 is 0. The van der Waals surface area contributed by atoms with E-state index in [0.717, 1.165) is 12.8 Å². The molecule has 1 heterocycles. The van der Waals surface area contributed by atoms with Crippen LogP contribution in [0.3, 0.4) is 0 Å². The van der Waals surface area contributed by atoms with Gasteiger partial charge in [0.05, 0.1) is 18.0 Å². The number of nitrogens with two attached hydrogens (primary N) is 1. The Labute approximate surface area is 179 Å². The molecule has 0 aliphatic carbocycles. The molecule has 0 saturated carbocycles. The largest absolute Gasteiger partial charge is 0.450 e. The van der Waals surface area contributed by atoms with Crippen LogP contribution in [-0.2, 0) is 21.3 Å². The van der Waals surface area contributed by atoms with E-state index in [2.05, 4.69) is 15.0 Å². The van der Waals surface area contributed by atoms with Crippen molar-refractivity contribution in [1.82, 2.24) is 14.9 Å². The SMILES string of the molecule is CCOC(=O)N1CCC(NC(N)=NCc2ccccc2S(=O)(=O)NC(C)(C)C)CC1. The third-order valence-corrected chi connectivity index (χ3v) is 6.35. The van der Waals surface area contributed by atoms with Crippen LogP contribution in [0, 0.1) is 0 Å². The number of carbonyl (C=O) groups excluding carboxylic acids is 1. The topological polar surface area (TPSA) is 126 Å². The van der Waals surface area contributed by atoms with Crippen molar-refractivity contribution in [2.45, 2.75) is 63.6 Å². The van der Waals surface area contributed by atoms with Crippen LogP contribution in [0.2, 0.25) is 0 Å². The summed E-state index contributed by atoms with van der Waals surface area (Å²) in [7, 11) is -3.67. The predicted molar refractivity (Wildman–Crippen MR) is 117 cm³/mol. The van der Waals surface area contributed by atoms with E-state index >= 15 is 0 Å². The fraction of sp³-hybridized carbons (Fsp3) is 0.600. The molecule has 2 rings (SSSR count). The van der Waals surface area contributed by atoms with Crippen LogP contribution >= 0.6 is 0 Å². The first-order valence-corrected chi connectivity index (χ1v) is 11.6. The number of amides is 1. The molecule has 1 aliphatic heterocycles. The molecule has 10 heteroatoms. The second-order valence-corrected chi connectivity index (χ2v) is 9.92. The van der Waals surface area contributed by atoms with Crippen molar-refractivity contribution < 1.29 is 17.9 Å². The lowest BCUT2D eigenvalue weighted by atomic mass is 10.1. The standard InChI is InChI=1S/C20H33N5O4S/c1-5-29-19(26)25-12-10-16(11-13-25)23-18(21)22-14-15-8-6-7-9-17(15)30(27,28)24-20(2,3)4/h6-9,16,24H,5,10-14H2,1-4H3,(H3,21,22,23). The summed E-state index contributed by atoms with van der Waals surface area (Å²) in [5, 5.41) is 3.16. The Morgan fingerprint density at radius 3 is 2.50 bits per heavy atom. The van der Waals surface area contributed by atoms with Crippen molar-refractivity contribution in [3.05, 3.63) is 29.8 Å². The van der Waals surface area contributed by atoms with E-state index < -0.39 is 15.6 Å². The van der Waals surface area contributed by atoms with Gasteiger partial charge in [-0.05, 0) is 52.2 Å². The molecule has 1 amide bonds. The average Bonchev–Trinajstić information content (AvgIpc) is 2.65. The van der Waals surface area contributed by atoms with Gasteiger partial charge >= 0.3 is 6.09 Å². The molecule has 1 aromatic rings. The molecule has 9 nitrogen and oxygen atoms in total. The molecule has 1 saturated heterocycles. The summed E-state index contributed by atoms with van der Waals surface area (Å²) in [4.78, 5) is 18.0. The summed E-state index contributed by atoms with van der Waals surface area (Å²) in [6.45, 7) is 8.83. The lowest BCUT2D eigenvalue weighted by molar-refractivity contribution is 0.0963. The number of nitrogens with zero attached hydrogens (tertiary/aromatic N) is 2. The molecule has 0 spiro atoms. The number of benzene rings is 1. The quantitative estimate of drug-likeness (QED) is 0.458. The molecular weight excluding hydrogens is 406 g/mol. The van der Waals surface area contributed by atoms with Crippen molar-refractivity contribution in [1.29, 1.82) is 0 Å². The molecule has 168 valence electrons. The number of hydrogen-bond donors (Lipinski definition) is 3. The van der Waals surface area contributed by atoms with Crippen LogP contribution in [0.4, 0.5) is 4.79 Å². The zero-order chi connectivity index (χ0) is 22.4. The zero-order valence-corrected chi connectivity index (χ0v) is 19.0. The maximum absolute atomic E-state index is 12.7. The first-order chi connectivity index (χ1) is 14.0. The van der Waals surface area contributed by atoms with Gasteiger partial charge in [-0.15, -0.1) is 0 Å². The van der Waals surface area contributed by atoms with Crippen molar-refractivity contribution in [2.75, 3.05) is 19.7 Å². The van der Waals surface area contributed by atoms with Gasteiger partial charge in [0.15, 0.2) is 5.96 Å². The number of likely N-dealkylation sites (tertiary alicyclic amines) is 1. The van der Waals surface area contributed by atoms with E-state index in [1.807, 2.05) is 0 Å². The molecule has 0 unspecified atom stereocenters. The Kier molecular flexibility index (Phi) is 8.08. The monoisotopic (exact) mass is 439 g/mol. The Balaban J connectivity index is 1.98. The highest BCUT2D eigenvalue weighted by Gasteiger charge is 2.25. The smallest absolute Gasteiger partial charge is 0.409 e. The summed E-state index contributed by atoms with van der Waals surface area (Å²) in [5.41, 5.74) is 6.00. The number of nitrogens with one attached hydrogen (secondary N) is 2. The molecule has 0 radical (unpaired) electrons. The van der Waals surface area contributed by atoms with Gasteiger partial charge in [0.25, 0.3) is 0 Å². The molecule has 0 atom stereocenters. The van der Waals surface area contributed by atoms with E-state index in [4.69, 9.17) is 10.5 Å². The lowest BCUT2D eigenvalue weighted by Gasteiger charge is -2.31. The number of aliphatic imine (C=N–C) groups is 1. The van der Waals surface area contributed by atoms with E-state index in [1.54, 1.807) is 56.9 Å². The van der Waals surface area contributed by atoms with Gasteiger partial charge in [-0.25, -0.2) is 22.9 Å². The molecule has 0 bridgehead atoms. The van der Waals surface area contributed by atoms with Crippen LogP contribution < -0.4 is 15.8 Å². The Hall–Kier alpha value is -2.33. The summed E-state index contributed by atoms with van der Waals surface area (Å²) in [6.07, 6.45) is 1.17. The number of rotatable bonds is 6. The maximum Gasteiger partial charge on any atom is 0.409 e. The minimum Gasteiger partial charge on any atom is -0.450 e. The number of guanidine groups is 1. The second-order valence-electron chi connectivity index (χ2n) is 8.27. The second kappa shape index (κ2) is 10.1. The van der Waals surface area contributed by atoms with E-state index in [9.17, 15) is 13.2 Å². The molecule has 1 fully saturated rings. The minimum absolute atomic E-state index is 0.0981. The van der Waals surface area contributed by atoms with Gasteiger partial charge in [-0.2, -0.15) is 0 Å². The number of carbonyl (C=O) groups is 1. The van der Waals surface area contributed by atoms with Crippen LogP contribution in [0.5, 0.6) is 0 Å². The molecule has 1 aliphatic rings. The van der Waals surface area contributed by atoms with Gasteiger partial charge in [0.2, 0.25) is 10.0 Å². The van der Waals surface area contributed by atoms with Gasteiger partial charge in [-0.1, -0.05) is 18.2 Å². The zero-order valence-electron chi connectivity index (χ0n) is 18.1. The van der Waals surface area contributed by atoms with Crippen LogP contribution in [0.25, 0.3) is 0 Å². The highest BCUT2D eigenvalue weighted by molar-refractivity contribution is 7.89. The summed E-state index contributed by atoms with van der Waals surface area (Å²) in [6, 6.07) is 6.85. The normalized spacial score (nSPS) is 16.4. The fourth-order valence-corrected chi connectivity index (χ4v) is 4.85. The first-order valence-electron chi connectivity index (χ1n) is 10.1. The average molecular weight is 440 g/mol. The minimum atomic E-state index is -3.67. The first kappa shape index (κ1) is 23.9. The number of ether oxygens (including phenoxy) is 1. The molecule has 4 N–H and O–H groups in total. The molecular formula is C20H33N5O4S. The predicted octanol–water partition coefficient (Wildman–Crippen LogP) is 1.79. The van der Waals surface area contributed by atoms with Crippen LogP contribution in [0.15, 0.2) is 34.2 Å². The third kappa shape index (κ3) is 7.17. The van der Waals surface area contributed by atoms with Crippen LogP contribution in [0.1, 0.15) is 46.1 Å². The van der Waals surface area contributed by atoms with Crippen molar-refractivity contribution >= 4 is 22.1 Å². The van der Waals surface area contributed by atoms with Gasteiger partial charge in [0.1, 0.15) is 0 Å². The summed E-state index contributed by atoms with van der Waals surface area (Å²) < 4.78 is 33.1. The third-order valence-electron chi connectivity index (χ3n) is 4.50. The van der Waals surface area contributed by atoms with Crippen LogP contribution in [-0.4, -0.2) is 56.6 Å². The fourth-order valence-electron chi connectivity index (χ4n) is 3.20. The number of piperidine rings is 1. The molecule has 30 heavy (non-hydrogen) atoms. The van der Waals surface area contributed by atoms with Crippen molar-refractivity contribution in [2.24, 2.45) is 10.7 Å². The highest BCUT2D eigenvalue weighted by Crippen LogP contribution is 2.18. The number of sulfonamides is 1.